The summed E-state index contributed by atoms with van der Waals surface area (Å²) >= 11 is 1.87. The molecule has 6 rings (SSSR count). The monoisotopic (exact) mass is 625 g/mol. The molecule has 3 amide bonds. The molecule has 3 heterocycles. The summed E-state index contributed by atoms with van der Waals surface area (Å²) in [5, 5.41) is 2.14. The molecule has 0 aliphatic carbocycles. The Hall–Kier alpha value is -4.36. The molecular weight excluding hydrogens is 603 g/mol. The smallest absolute Gasteiger partial charge is 0.418 e. The summed E-state index contributed by atoms with van der Waals surface area (Å²) in [5.41, 5.74) is 0.517. The second-order valence-electron chi connectivity index (χ2n) is 10.00. The molecule has 13 heteroatoms. The number of rotatable bonds is 6. The lowest BCUT2D eigenvalue weighted by Crippen LogP contribution is -2.33. The highest BCUT2D eigenvalue weighted by molar-refractivity contribution is 8.00. The van der Waals surface area contributed by atoms with E-state index >= 15 is 0 Å². The van der Waals surface area contributed by atoms with E-state index in [9.17, 15) is 32.3 Å². The van der Waals surface area contributed by atoms with Crippen LogP contribution in [0.25, 0.3) is 0 Å². The van der Waals surface area contributed by atoms with E-state index in [-0.39, 0.29) is 17.4 Å². The van der Waals surface area contributed by atoms with E-state index in [0.29, 0.717) is 31.8 Å². The van der Waals surface area contributed by atoms with Crippen molar-refractivity contribution in [3.63, 3.8) is 0 Å². The van der Waals surface area contributed by atoms with Crippen molar-refractivity contribution < 1.29 is 32.3 Å². The number of benzene rings is 3. The lowest BCUT2D eigenvalue weighted by molar-refractivity contribution is -0.137. The number of hydrogen-bond donors (Lipinski definition) is 2. The standard InChI is InChI=1S/C30H22F3N3O5S2/c1-15-6-2-4-8-19(15)34-21(37)14-41-17-12-10-16(11-13-17)22-23-25(42-26-24(22)43-29(40)35-26)28(39)36(27(23)38)20-9-5-3-7-18(20)30(31,32)33/h2-13,22-23,25H,14H2,1H3,(H,34,37)(H,35,40)/t22-,23?,25?/m1/s1. The Kier molecular flexibility index (Phi) is 7.38. The summed E-state index contributed by atoms with van der Waals surface area (Å²) in [5.74, 6) is -3.38. The molecule has 2 N–H and O–H groups in total. The zero-order chi connectivity index (χ0) is 30.5. The average molecular weight is 626 g/mol. The quantitative estimate of drug-likeness (QED) is 0.271. The van der Waals surface area contributed by atoms with Gasteiger partial charge in [0.1, 0.15) is 11.0 Å². The zero-order valence-electron chi connectivity index (χ0n) is 22.3. The van der Waals surface area contributed by atoms with Gasteiger partial charge in [0.15, 0.2) is 6.61 Å². The van der Waals surface area contributed by atoms with Crippen LogP contribution >= 0.6 is 23.1 Å². The lowest BCUT2D eigenvalue weighted by atomic mass is 9.83. The molecule has 220 valence electrons. The van der Waals surface area contributed by atoms with Gasteiger partial charge in [0, 0.05) is 16.5 Å². The second kappa shape index (κ2) is 11.0. The van der Waals surface area contributed by atoms with Crippen LogP contribution in [-0.2, 0) is 20.6 Å². The fourth-order valence-corrected chi connectivity index (χ4v) is 7.86. The van der Waals surface area contributed by atoms with Crippen molar-refractivity contribution in [3.8, 4) is 5.75 Å². The number of thioether (sulfide) groups is 1. The van der Waals surface area contributed by atoms with Crippen molar-refractivity contribution in [2.24, 2.45) is 5.92 Å². The third-order valence-corrected chi connectivity index (χ3v) is 9.70. The fraction of sp³-hybridized carbons (Fsp3) is 0.200. The molecule has 1 fully saturated rings. The van der Waals surface area contributed by atoms with E-state index in [1.807, 2.05) is 19.1 Å². The zero-order valence-corrected chi connectivity index (χ0v) is 23.9. The summed E-state index contributed by atoms with van der Waals surface area (Å²) in [6.07, 6.45) is -4.78. The minimum absolute atomic E-state index is 0.261. The SMILES string of the molecule is Cc1ccccc1NC(=O)COc1ccc([C@H]2c3sc(=O)[nH]c3SC3C(=O)N(c4ccccc4C(F)(F)F)C(=O)C32)cc1. The van der Waals surface area contributed by atoms with Gasteiger partial charge < -0.3 is 15.0 Å². The molecule has 3 aromatic carbocycles. The van der Waals surface area contributed by atoms with E-state index in [1.165, 1.54) is 12.1 Å². The lowest BCUT2D eigenvalue weighted by Gasteiger charge is -2.29. The topological polar surface area (TPSA) is 109 Å². The van der Waals surface area contributed by atoms with Gasteiger partial charge in [-0.05, 0) is 48.4 Å². The van der Waals surface area contributed by atoms with Crippen LogP contribution in [0.2, 0.25) is 0 Å². The number of hydrogen-bond acceptors (Lipinski definition) is 7. The number of aromatic nitrogens is 1. The number of carbonyl (C=O) groups excluding carboxylic acids is 3. The molecule has 43 heavy (non-hydrogen) atoms. The average Bonchev–Trinajstić information content (AvgIpc) is 3.47. The minimum Gasteiger partial charge on any atom is -0.484 e. The van der Waals surface area contributed by atoms with Crippen LogP contribution in [0.4, 0.5) is 24.5 Å². The first-order chi connectivity index (χ1) is 20.5. The summed E-state index contributed by atoms with van der Waals surface area (Å²) in [6.45, 7) is 1.61. The molecule has 1 saturated heterocycles. The number of imide groups is 1. The van der Waals surface area contributed by atoms with Crippen molar-refractivity contribution in [2.75, 3.05) is 16.8 Å². The third kappa shape index (κ3) is 5.34. The van der Waals surface area contributed by atoms with Crippen LogP contribution < -0.4 is 19.8 Å². The third-order valence-electron chi connectivity index (χ3n) is 7.30. The van der Waals surface area contributed by atoms with Gasteiger partial charge >= 0.3 is 11.0 Å². The predicted molar refractivity (Wildman–Crippen MR) is 156 cm³/mol. The number of nitrogens with zero attached hydrogens (tertiary/aromatic N) is 1. The number of H-pyrrole nitrogens is 1. The highest BCUT2D eigenvalue weighted by Crippen LogP contribution is 2.54. The Balaban J connectivity index is 1.28. The first-order valence-electron chi connectivity index (χ1n) is 13.0. The molecule has 1 aromatic heterocycles. The van der Waals surface area contributed by atoms with Crippen LogP contribution in [-0.4, -0.2) is 34.6 Å². The van der Waals surface area contributed by atoms with Crippen LogP contribution in [0.3, 0.4) is 0 Å². The van der Waals surface area contributed by atoms with E-state index in [1.54, 1.807) is 36.4 Å². The number of halogens is 3. The van der Waals surface area contributed by atoms with Crippen LogP contribution in [0.1, 0.15) is 27.5 Å². The molecule has 2 aliphatic heterocycles. The number of aromatic amines is 1. The van der Waals surface area contributed by atoms with Crippen molar-refractivity contribution in [2.45, 2.75) is 29.3 Å². The summed E-state index contributed by atoms with van der Waals surface area (Å²) < 4.78 is 47.1. The normalized spacial score (nSPS) is 19.6. The van der Waals surface area contributed by atoms with E-state index in [0.717, 1.165) is 40.8 Å². The number of thiazole rings is 1. The maximum Gasteiger partial charge on any atom is 0.418 e. The molecule has 0 radical (unpaired) electrons. The number of aryl methyl sites for hydroxylation is 1. The fourth-order valence-electron chi connectivity index (χ4n) is 5.34. The second-order valence-corrected chi connectivity index (χ2v) is 12.2. The van der Waals surface area contributed by atoms with Crippen molar-refractivity contribution >= 4 is 52.2 Å². The maximum absolute atomic E-state index is 13.8. The van der Waals surface area contributed by atoms with Crippen LogP contribution in [0.15, 0.2) is 82.6 Å². The molecular formula is C30H22F3N3O5S2. The number of amides is 3. The van der Waals surface area contributed by atoms with E-state index in [4.69, 9.17) is 4.74 Å². The largest absolute Gasteiger partial charge is 0.484 e. The van der Waals surface area contributed by atoms with Gasteiger partial charge in [-0.1, -0.05) is 65.6 Å². The van der Waals surface area contributed by atoms with Crippen LogP contribution in [0, 0.1) is 12.8 Å². The number of alkyl halides is 3. The summed E-state index contributed by atoms with van der Waals surface area (Å²) in [4.78, 5) is 55.5. The Labute approximate surface area is 250 Å². The molecule has 2 unspecified atom stereocenters. The Morgan fingerprint density at radius 2 is 1.67 bits per heavy atom. The summed E-state index contributed by atoms with van der Waals surface area (Å²) in [7, 11) is 0. The minimum atomic E-state index is -4.78. The van der Waals surface area contributed by atoms with E-state index < -0.39 is 46.3 Å². The first kappa shape index (κ1) is 28.7. The van der Waals surface area contributed by atoms with Gasteiger partial charge in [0.2, 0.25) is 11.8 Å². The predicted octanol–water partition coefficient (Wildman–Crippen LogP) is 5.58. The van der Waals surface area contributed by atoms with E-state index in [2.05, 4.69) is 10.3 Å². The Morgan fingerprint density at radius 1 is 0.977 bits per heavy atom. The van der Waals surface area contributed by atoms with Crippen LogP contribution in [0.5, 0.6) is 5.75 Å². The molecule has 0 spiro atoms. The highest BCUT2D eigenvalue weighted by atomic mass is 32.2. The Morgan fingerprint density at radius 3 is 2.40 bits per heavy atom. The maximum atomic E-state index is 13.8. The van der Waals surface area contributed by atoms with Crippen molar-refractivity contribution in [1.29, 1.82) is 0 Å². The molecule has 0 saturated carbocycles. The molecule has 8 nitrogen and oxygen atoms in total. The highest BCUT2D eigenvalue weighted by Gasteiger charge is 2.57. The number of fused-ring (bicyclic) bond motifs is 2. The van der Waals surface area contributed by atoms with Gasteiger partial charge in [-0.2, -0.15) is 13.2 Å². The number of carbonyl (C=O) groups is 3. The molecule has 4 aromatic rings. The number of anilines is 2. The van der Waals surface area contributed by atoms with Crippen molar-refractivity contribution in [1.82, 2.24) is 4.98 Å². The Bertz CT molecular complexity index is 1800. The first-order valence-corrected chi connectivity index (χ1v) is 14.7. The number of ether oxygens (including phenoxy) is 1. The van der Waals surface area contributed by atoms with Gasteiger partial charge in [0.05, 0.1) is 22.2 Å². The van der Waals surface area contributed by atoms with Gasteiger partial charge in [-0.3, -0.25) is 19.2 Å². The van der Waals surface area contributed by atoms with Crippen molar-refractivity contribution in [3.05, 3.63) is 104 Å². The molecule has 0 bridgehead atoms. The number of para-hydroxylation sites is 2. The van der Waals surface area contributed by atoms with Gasteiger partial charge in [-0.25, -0.2) is 4.90 Å². The van der Waals surface area contributed by atoms with Gasteiger partial charge in [0.25, 0.3) is 5.91 Å². The van der Waals surface area contributed by atoms with Gasteiger partial charge in [-0.15, -0.1) is 0 Å². The molecule has 3 atom stereocenters. The summed E-state index contributed by atoms with van der Waals surface area (Å²) in [6, 6.07) is 18.3. The molecule has 2 aliphatic rings. The number of nitrogens with one attached hydrogen (secondary N) is 2.